The molecule has 0 aliphatic carbocycles. The fourth-order valence-electron chi connectivity index (χ4n) is 3.25. The Kier molecular flexibility index (Phi) is 5.31. The zero-order chi connectivity index (χ0) is 20.4. The summed E-state index contributed by atoms with van der Waals surface area (Å²) in [5.74, 6) is 0.374. The number of carbonyl (C=O) groups is 2. The van der Waals surface area contributed by atoms with Crippen molar-refractivity contribution in [2.24, 2.45) is 0 Å². The van der Waals surface area contributed by atoms with Crippen molar-refractivity contribution in [3.05, 3.63) is 58.9 Å². The van der Waals surface area contributed by atoms with Gasteiger partial charge in [0.1, 0.15) is 5.75 Å². The molecule has 1 aromatic heterocycles. The lowest BCUT2D eigenvalue weighted by Crippen LogP contribution is -2.45. The van der Waals surface area contributed by atoms with Crippen LogP contribution in [-0.2, 0) is 9.59 Å². The van der Waals surface area contributed by atoms with E-state index in [-0.39, 0.29) is 18.2 Å². The maximum absolute atomic E-state index is 12.5. The van der Waals surface area contributed by atoms with E-state index in [2.05, 4.69) is 10.3 Å². The Bertz CT molecular complexity index is 1050. The first-order valence-corrected chi connectivity index (χ1v) is 10.3. The highest BCUT2D eigenvalue weighted by atomic mass is 32.1. The number of nitrogens with one attached hydrogen (secondary N) is 1. The third kappa shape index (κ3) is 4.14. The lowest BCUT2D eigenvalue weighted by Gasteiger charge is -2.32. The van der Waals surface area contributed by atoms with E-state index < -0.39 is 6.10 Å². The van der Waals surface area contributed by atoms with Crippen molar-refractivity contribution in [2.45, 2.75) is 26.4 Å². The van der Waals surface area contributed by atoms with E-state index >= 15 is 0 Å². The number of hydrogen-bond donors (Lipinski definition) is 1. The SMILES string of the molecule is Cc1nc(-c2ccc(NC(=O)CCN3C(=O)C(C)Oc4ccccc43)cc2)cs1. The van der Waals surface area contributed by atoms with Crippen LogP contribution in [0.5, 0.6) is 5.75 Å². The molecule has 0 spiro atoms. The second-order valence-electron chi connectivity index (χ2n) is 6.84. The van der Waals surface area contributed by atoms with E-state index in [1.807, 2.05) is 60.8 Å². The highest BCUT2D eigenvalue weighted by molar-refractivity contribution is 7.09. The molecule has 1 unspecified atom stereocenters. The van der Waals surface area contributed by atoms with Crippen LogP contribution in [0.3, 0.4) is 0 Å². The molecule has 0 saturated heterocycles. The number of carbonyl (C=O) groups excluding carboxylic acids is 2. The Hall–Kier alpha value is -3.19. The molecule has 1 aliphatic heterocycles. The van der Waals surface area contributed by atoms with Crippen LogP contribution < -0.4 is 15.0 Å². The standard InChI is InChI=1S/C22H21N3O3S/c1-14-22(27)25(19-5-3-4-6-20(19)28-14)12-11-21(26)24-17-9-7-16(8-10-17)18-13-29-15(2)23-18/h3-10,13-14H,11-12H2,1-2H3,(H,24,26). The third-order valence-corrected chi connectivity index (χ3v) is 5.49. The fraction of sp³-hybridized carbons (Fsp3) is 0.227. The molecule has 2 amide bonds. The van der Waals surface area contributed by atoms with Crippen LogP contribution in [0.2, 0.25) is 0 Å². The number of para-hydroxylation sites is 2. The number of thiazole rings is 1. The molecule has 0 saturated carbocycles. The van der Waals surface area contributed by atoms with Crippen molar-refractivity contribution in [2.75, 3.05) is 16.8 Å². The Labute approximate surface area is 173 Å². The molecule has 0 bridgehead atoms. The van der Waals surface area contributed by atoms with Crippen molar-refractivity contribution in [1.82, 2.24) is 4.98 Å². The summed E-state index contributed by atoms with van der Waals surface area (Å²) in [6.07, 6.45) is -0.366. The third-order valence-electron chi connectivity index (χ3n) is 4.72. The summed E-state index contributed by atoms with van der Waals surface area (Å²) >= 11 is 1.61. The highest BCUT2D eigenvalue weighted by Gasteiger charge is 2.31. The number of ether oxygens (including phenoxy) is 1. The van der Waals surface area contributed by atoms with Gasteiger partial charge in [-0.3, -0.25) is 9.59 Å². The number of hydrogen-bond acceptors (Lipinski definition) is 5. The van der Waals surface area contributed by atoms with Crippen LogP contribution in [0.1, 0.15) is 18.4 Å². The maximum Gasteiger partial charge on any atom is 0.267 e. The number of nitrogens with zero attached hydrogens (tertiary/aromatic N) is 2. The molecule has 2 heterocycles. The predicted molar refractivity (Wildman–Crippen MR) is 114 cm³/mol. The minimum absolute atomic E-state index is 0.139. The van der Waals surface area contributed by atoms with Gasteiger partial charge in [-0.05, 0) is 38.1 Å². The van der Waals surface area contributed by atoms with Gasteiger partial charge in [0.25, 0.3) is 5.91 Å². The van der Waals surface area contributed by atoms with E-state index in [1.165, 1.54) is 0 Å². The van der Waals surface area contributed by atoms with E-state index in [1.54, 1.807) is 23.2 Å². The summed E-state index contributed by atoms with van der Waals surface area (Å²) in [5, 5.41) is 5.92. The second kappa shape index (κ2) is 8.05. The van der Waals surface area contributed by atoms with E-state index in [0.717, 1.165) is 16.3 Å². The minimum atomic E-state index is -0.560. The number of rotatable bonds is 5. The lowest BCUT2D eigenvalue weighted by atomic mass is 10.1. The van der Waals surface area contributed by atoms with Gasteiger partial charge in [-0.25, -0.2) is 4.98 Å². The average molecular weight is 407 g/mol. The molecule has 1 aliphatic rings. The molecule has 7 heteroatoms. The van der Waals surface area contributed by atoms with Crippen molar-refractivity contribution < 1.29 is 14.3 Å². The first-order chi connectivity index (χ1) is 14.0. The Morgan fingerprint density at radius 1 is 1.21 bits per heavy atom. The summed E-state index contributed by atoms with van der Waals surface area (Å²) in [5.41, 5.74) is 3.36. The minimum Gasteiger partial charge on any atom is -0.479 e. The van der Waals surface area contributed by atoms with Crippen LogP contribution in [0.15, 0.2) is 53.9 Å². The molecule has 1 atom stereocenters. The molecule has 6 nitrogen and oxygen atoms in total. The second-order valence-corrected chi connectivity index (χ2v) is 7.91. The van der Waals surface area contributed by atoms with Gasteiger partial charge in [0.2, 0.25) is 5.91 Å². The average Bonchev–Trinajstić information content (AvgIpc) is 3.15. The van der Waals surface area contributed by atoms with Gasteiger partial charge >= 0.3 is 0 Å². The fourth-order valence-corrected chi connectivity index (χ4v) is 3.87. The Morgan fingerprint density at radius 2 is 1.97 bits per heavy atom. The molecule has 0 fully saturated rings. The first kappa shape index (κ1) is 19.1. The van der Waals surface area contributed by atoms with Crippen molar-refractivity contribution in [3.8, 4) is 17.0 Å². The summed E-state index contributed by atoms with van der Waals surface area (Å²) in [4.78, 5) is 31.0. The Morgan fingerprint density at radius 3 is 2.69 bits per heavy atom. The van der Waals surface area contributed by atoms with Crippen molar-refractivity contribution in [3.63, 3.8) is 0 Å². The van der Waals surface area contributed by atoms with Crippen LogP contribution in [0.4, 0.5) is 11.4 Å². The summed E-state index contributed by atoms with van der Waals surface area (Å²) < 4.78 is 5.63. The lowest BCUT2D eigenvalue weighted by molar-refractivity contribution is -0.125. The van der Waals surface area contributed by atoms with Gasteiger partial charge in [0, 0.05) is 29.6 Å². The number of benzene rings is 2. The van der Waals surface area contributed by atoms with E-state index in [4.69, 9.17) is 4.74 Å². The van der Waals surface area contributed by atoms with Gasteiger partial charge in [-0.2, -0.15) is 0 Å². The molecule has 29 heavy (non-hydrogen) atoms. The van der Waals surface area contributed by atoms with E-state index in [0.29, 0.717) is 23.7 Å². The van der Waals surface area contributed by atoms with Crippen molar-refractivity contribution >= 4 is 34.5 Å². The van der Waals surface area contributed by atoms with Gasteiger partial charge in [0.05, 0.1) is 16.4 Å². The molecule has 4 rings (SSSR count). The van der Waals surface area contributed by atoms with Crippen molar-refractivity contribution in [1.29, 1.82) is 0 Å². The largest absolute Gasteiger partial charge is 0.479 e. The zero-order valence-corrected chi connectivity index (χ0v) is 17.0. The maximum atomic E-state index is 12.5. The molecule has 1 N–H and O–H groups in total. The van der Waals surface area contributed by atoms with Crippen LogP contribution in [0.25, 0.3) is 11.3 Å². The number of anilines is 2. The number of aryl methyl sites for hydroxylation is 1. The number of aromatic nitrogens is 1. The molecule has 148 valence electrons. The monoisotopic (exact) mass is 407 g/mol. The first-order valence-electron chi connectivity index (χ1n) is 9.41. The summed E-state index contributed by atoms with van der Waals surface area (Å²) in [7, 11) is 0. The summed E-state index contributed by atoms with van der Waals surface area (Å²) in [6, 6.07) is 15.0. The predicted octanol–water partition coefficient (Wildman–Crippen LogP) is 4.26. The smallest absolute Gasteiger partial charge is 0.267 e. The van der Waals surface area contributed by atoms with Gasteiger partial charge in [-0.1, -0.05) is 24.3 Å². The molecule has 2 aromatic carbocycles. The highest BCUT2D eigenvalue weighted by Crippen LogP contribution is 2.33. The molecular weight excluding hydrogens is 386 g/mol. The summed E-state index contributed by atoms with van der Waals surface area (Å²) in [6.45, 7) is 3.99. The quantitative estimate of drug-likeness (QED) is 0.686. The van der Waals surface area contributed by atoms with E-state index in [9.17, 15) is 9.59 Å². The zero-order valence-electron chi connectivity index (χ0n) is 16.2. The van der Waals surface area contributed by atoms with Crippen LogP contribution in [0, 0.1) is 6.92 Å². The number of amides is 2. The normalized spacial score (nSPS) is 15.6. The van der Waals surface area contributed by atoms with Crippen LogP contribution >= 0.6 is 11.3 Å². The van der Waals surface area contributed by atoms with Crippen LogP contribution in [-0.4, -0.2) is 29.4 Å². The van der Waals surface area contributed by atoms with Gasteiger partial charge in [-0.15, -0.1) is 11.3 Å². The molecular formula is C22H21N3O3S. The molecule has 3 aromatic rings. The topological polar surface area (TPSA) is 71.5 Å². The van der Waals surface area contributed by atoms with Gasteiger partial charge in [0.15, 0.2) is 6.10 Å². The Balaban J connectivity index is 1.38. The number of fused-ring (bicyclic) bond motifs is 1. The van der Waals surface area contributed by atoms with Gasteiger partial charge < -0.3 is 15.0 Å². The molecule has 0 radical (unpaired) electrons.